The number of hydrogen-bond donors (Lipinski definition) is 1. The number of aromatic nitrogens is 3. The molecule has 2 heterocycles. The minimum Gasteiger partial charge on any atom is -0.494 e. The van der Waals surface area contributed by atoms with Crippen LogP contribution in [0.5, 0.6) is 5.75 Å². The molecule has 1 N–H and O–H groups in total. The SMILES string of the molecule is COc1cc2nn(C3CCC(C=O)CC3)cc2cc1NC(=O)c1cccc(C(C)(C)F)n1. The molecule has 0 aliphatic heterocycles. The lowest BCUT2D eigenvalue weighted by molar-refractivity contribution is -0.112. The number of nitrogens with one attached hydrogen (secondary N) is 1. The summed E-state index contributed by atoms with van der Waals surface area (Å²) in [6.45, 7) is 2.80. The van der Waals surface area contributed by atoms with E-state index >= 15 is 0 Å². The molecular formula is C24H27FN4O3. The zero-order valence-electron chi connectivity index (χ0n) is 18.5. The molecule has 0 bridgehead atoms. The molecular weight excluding hydrogens is 411 g/mol. The van der Waals surface area contributed by atoms with E-state index < -0.39 is 11.6 Å². The fourth-order valence-electron chi connectivity index (χ4n) is 4.11. The molecule has 8 heteroatoms. The largest absolute Gasteiger partial charge is 0.494 e. The first kappa shape index (κ1) is 21.9. The van der Waals surface area contributed by atoms with Gasteiger partial charge >= 0.3 is 0 Å². The highest BCUT2D eigenvalue weighted by Gasteiger charge is 2.24. The number of methoxy groups -OCH3 is 1. The lowest BCUT2D eigenvalue weighted by Gasteiger charge is -2.25. The van der Waals surface area contributed by atoms with Crippen molar-refractivity contribution in [1.82, 2.24) is 14.8 Å². The third-order valence-corrected chi connectivity index (χ3v) is 5.99. The van der Waals surface area contributed by atoms with Crippen molar-refractivity contribution in [3.8, 4) is 5.75 Å². The Hall–Kier alpha value is -3.29. The zero-order valence-corrected chi connectivity index (χ0v) is 18.5. The van der Waals surface area contributed by atoms with Gasteiger partial charge in [-0.1, -0.05) is 6.07 Å². The van der Waals surface area contributed by atoms with Gasteiger partial charge in [0.2, 0.25) is 0 Å². The number of alkyl halides is 1. The topological polar surface area (TPSA) is 86.1 Å². The third kappa shape index (κ3) is 4.49. The first-order chi connectivity index (χ1) is 15.3. The van der Waals surface area contributed by atoms with Crippen LogP contribution in [-0.2, 0) is 10.5 Å². The van der Waals surface area contributed by atoms with Gasteiger partial charge in [-0.05, 0) is 57.7 Å². The number of nitrogens with zero attached hydrogens (tertiary/aromatic N) is 3. The van der Waals surface area contributed by atoms with Gasteiger partial charge in [-0.2, -0.15) is 5.10 Å². The smallest absolute Gasteiger partial charge is 0.274 e. The maximum Gasteiger partial charge on any atom is 0.274 e. The van der Waals surface area contributed by atoms with E-state index in [2.05, 4.69) is 10.3 Å². The van der Waals surface area contributed by atoms with Crippen molar-refractivity contribution < 1.29 is 18.7 Å². The van der Waals surface area contributed by atoms with Crippen molar-refractivity contribution in [2.75, 3.05) is 12.4 Å². The van der Waals surface area contributed by atoms with E-state index in [1.54, 1.807) is 24.3 Å². The molecule has 1 fully saturated rings. The highest BCUT2D eigenvalue weighted by Crippen LogP contribution is 2.34. The fourth-order valence-corrected chi connectivity index (χ4v) is 4.11. The van der Waals surface area contributed by atoms with Crippen LogP contribution in [0.4, 0.5) is 10.1 Å². The number of halogens is 1. The van der Waals surface area contributed by atoms with Gasteiger partial charge in [0.15, 0.2) is 0 Å². The van der Waals surface area contributed by atoms with Crippen LogP contribution in [0.3, 0.4) is 0 Å². The van der Waals surface area contributed by atoms with Crippen molar-refractivity contribution in [2.45, 2.75) is 51.2 Å². The van der Waals surface area contributed by atoms with E-state index in [0.29, 0.717) is 11.4 Å². The average Bonchev–Trinajstić information content (AvgIpc) is 3.21. The first-order valence-corrected chi connectivity index (χ1v) is 10.8. The van der Waals surface area contributed by atoms with E-state index in [-0.39, 0.29) is 23.3 Å². The maximum absolute atomic E-state index is 14.2. The number of hydrogen-bond acceptors (Lipinski definition) is 5. The number of benzene rings is 1. The Morgan fingerprint density at radius 3 is 2.66 bits per heavy atom. The Bertz CT molecular complexity index is 1140. The second-order valence-corrected chi connectivity index (χ2v) is 8.76. The van der Waals surface area contributed by atoms with E-state index in [1.807, 2.05) is 16.9 Å². The molecule has 4 rings (SSSR count). The number of ether oxygens (including phenoxy) is 1. The van der Waals surface area contributed by atoms with E-state index in [1.165, 1.54) is 21.0 Å². The molecule has 7 nitrogen and oxygen atoms in total. The number of anilines is 1. The Morgan fingerprint density at radius 1 is 1.25 bits per heavy atom. The van der Waals surface area contributed by atoms with Crippen molar-refractivity contribution in [3.63, 3.8) is 0 Å². The van der Waals surface area contributed by atoms with Gasteiger partial charge in [0, 0.05) is 23.6 Å². The molecule has 1 aliphatic carbocycles. The summed E-state index contributed by atoms with van der Waals surface area (Å²) in [6, 6.07) is 8.56. The van der Waals surface area contributed by atoms with Gasteiger partial charge in [0.05, 0.1) is 30.0 Å². The Kier molecular flexibility index (Phi) is 5.95. The molecule has 1 aliphatic rings. The lowest BCUT2D eigenvalue weighted by atomic mass is 9.87. The molecule has 2 aromatic heterocycles. The van der Waals surface area contributed by atoms with Gasteiger partial charge in [-0.15, -0.1) is 0 Å². The first-order valence-electron chi connectivity index (χ1n) is 10.8. The van der Waals surface area contributed by atoms with Gasteiger partial charge < -0.3 is 14.8 Å². The van der Waals surface area contributed by atoms with Gasteiger partial charge in [0.1, 0.15) is 23.4 Å². The number of carbonyl (C=O) groups excluding carboxylic acids is 2. The quantitative estimate of drug-likeness (QED) is 0.557. The summed E-state index contributed by atoms with van der Waals surface area (Å²) in [6.07, 6.45) is 6.57. The van der Waals surface area contributed by atoms with Crippen molar-refractivity contribution >= 4 is 28.8 Å². The fraction of sp³-hybridized carbons (Fsp3) is 0.417. The number of carbonyl (C=O) groups is 2. The summed E-state index contributed by atoms with van der Waals surface area (Å²) in [5, 5.41) is 8.39. The molecule has 0 spiro atoms. The van der Waals surface area contributed by atoms with Crippen molar-refractivity contribution in [2.24, 2.45) is 5.92 Å². The maximum atomic E-state index is 14.2. The summed E-state index contributed by atoms with van der Waals surface area (Å²) < 4.78 is 21.7. The predicted molar refractivity (Wildman–Crippen MR) is 120 cm³/mol. The van der Waals surface area contributed by atoms with Crippen LogP contribution < -0.4 is 10.1 Å². The van der Waals surface area contributed by atoms with Crippen molar-refractivity contribution in [1.29, 1.82) is 0 Å². The second kappa shape index (κ2) is 8.68. The summed E-state index contributed by atoms with van der Waals surface area (Å²) in [5.74, 6) is 0.171. The molecule has 168 valence electrons. The minimum atomic E-state index is -1.65. The Morgan fingerprint density at radius 2 is 2.00 bits per heavy atom. The van der Waals surface area contributed by atoms with Crippen molar-refractivity contribution in [3.05, 3.63) is 47.9 Å². The molecule has 0 saturated heterocycles. The lowest BCUT2D eigenvalue weighted by Crippen LogP contribution is -2.19. The van der Waals surface area contributed by atoms with E-state index in [0.717, 1.165) is 42.9 Å². The molecule has 3 aromatic rings. The average molecular weight is 439 g/mol. The number of aldehydes is 1. The number of rotatable bonds is 6. The Labute approximate surface area is 186 Å². The highest BCUT2D eigenvalue weighted by molar-refractivity contribution is 6.05. The summed E-state index contributed by atoms with van der Waals surface area (Å²) in [7, 11) is 1.53. The van der Waals surface area contributed by atoms with E-state index in [9.17, 15) is 14.0 Å². The summed E-state index contributed by atoms with van der Waals surface area (Å²) >= 11 is 0. The van der Waals surface area contributed by atoms with Crippen LogP contribution in [0.25, 0.3) is 10.9 Å². The van der Waals surface area contributed by atoms with Gasteiger partial charge in [0.25, 0.3) is 5.91 Å². The van der Waals surface area contributed by atoms with Crippen LogP contribution in [0.2, 0.25) is 0 Å². The van der Waals surface area contributed by atoms with Crippen LogP contribution in [0.1, 0.15) is 61.8 Å². The standard InChI is InChI=1S/C24H27FN4O3/c1-24(2,25)22-6-4-5-18(26-22)23(31)27-20-11-16-13-29(28-19(16)12-21(20)32-3)17-9-7-15(14-30)8-10-17/h4-6,11-15,17H,7-10H2,1-3H3,(H,27,31). The molecule has 1 aromatic carbocycles. The monoisotopic (exact) mass is 438 g/mol. The highest BCUT2D eigenvalue weighted by atomic mass is 19.1. The normalized spacial score (nSPS) is 19.0. The molecule has 1 amide bonds. The number of amides is 1. The minimum absolute atomic E-state index is 0.123. The number of fused-ring (bicyclic) bond motifs is 1. The molecule has 32 heavy (non-hydrogen) atoms. The van der Waals surface area contributed by atoms with Gasteiger partial charge in [-0.3, -0.25) is 9.48 Å². The summed E-state index contributed by atoms with van der Waals surface area (Å²) in [5.41, 5.74) is -0.0829. The zero-order chi connectivity index (χ0) is 22.9. The molecule has 0 atom stereocenters. The predicted octanol–water partition coefficient (Wildman–Crippen LogP) is 4.83. The van der Waals surface area contributed by atoms with Crippen LogP contribution in [-0.4, -0.2) is 34.1 Å². The second-order valence-electron chi connectivity index (χ2n) is 8.76. The molecule has 1 saturated carbocycles. The van der Waals surface area contributed by atoms with Crippen LogP contribution in [0.15, 0.2) is 36.5 Å². The third-order valence-electron chi connectivity index (χ3n) is 5.99. The number of pyridine rings is 1. The molecule has 0 radical (unpaired) electrons. The van der Waals surface area contributed by atoms with Crippen LogP contribution >= 0.6 is 0 Å². The van der Waals surface area contributed by atoms with Gasteiger partial charge in [-0.25, -0.2) is 9.37 Å². The van der Waals surface area contributed by atoms with E-state index in [4.69, 9.17) is 9.84 Å². The summed E-state index contributed by atoms with van der Waals surface area (Å²) in [4.78, 5) is 28.0. The van der Waals surface area contributed by atoms with Crippen LogP contribution in [0, 0.1) is 5.92 Å². The molecule has 0 unspecified atom stereocenters. The Balaban J connectivity index is 1.59.